The lowest BCUT2D eigenvalue weighted by Crippen LogP contribution is -2.43. The zero-order chi connectivity index (χ0) is 14.6. The van der Waals surface area contributed by atoms with Crippen LogP contribution in [0, 0.1) is 12.3 Å². The summed E-state index contributed by atoms with van der Waals surface area (Å²) in [5, 5.41) is 9.77. The molecule has 0 aliphatic carbocycles. The highest BCUT2D eigenvalue weighted by Crippen LogP contribution is 2.26. The average molecular weight is 296 g/mol. The van der Waals surface area contributed by atoms with Crippen LogP contribution in [0.5, 0.6) is 0 Å². The number of benzene rings is 1. The molecule has 0 bridgehead atoms. The molecule has 20 heavy (non-hydrogen) atoms. The van der Waals surface area contributed by atoms with Gasteiger partial charge in [-0.3, -0.25) is 0 Å². The Labute approximate surface area is 125 Å². The van der Waals surface area contributed by atoms with Crippen LogP contribution in [-0.4, -0.2) is 25.7 Å². The largest absolute Gasteiger partial charge is 0.337 e. The molecule has 1 aromatic rings. The number of anilines is 1. The number of aryl methyl sites for hydroxylation is 1. The second-order valence-electron chi connectivity index (χ2n) is 5.83. The van der Waals surface area contributed by atoms with E-state index in [9.17, 15) is 4.79 Å². The molecule has 1 aliphatic heterocycles. The molecule has 1 heterocycles. The van der Waals surface area contributed by atoms with Crippen molar-refractivity contribution >= 4 is 23.3 Å². The van der Waals surface area contributed by atoms with E-state index in [1.54, 1.807) is 6.07 Å². The van der Waals surface area contributed by atoms with Gasteiger partial charge in [-0.1, -0.05) is 24.6 Å². The van der Waals surface area contributed by atoms with Gasteiger partial charge in [-0.25, -0.2) is 4.79 Å². The first-order chi connectivity index (χ1) is 9.48. The van der Waals surface area contributed by atoms with Crippen LogP contribution in [0.3, 0.4) is 0 Å². The minimum atomic E-state index is -0.176. The van der Waals surface area contributed by atoms with Crippen molar-refractivity contribution in [1.82, 2.24) is 10.6 Å². The topological polar surface area (TPSA) is 53.2 Å². The first-order valence-electron chi connectivity index (χ1n) is 7.00. The van der Waals surface area contributed by atoms with Gasteiger partial charge >= 0.3 is 6.03 Å². The van der Waals surface area contributed by atoms with E-state index in [1.165, 1.54) is 0 Å². The van der Waals surface area contributed by atoms with Crippen LogP contribution < -0.4 is 16.0 Å². The molecule has 0 aromatic heterocycles. The van der Waals surface area contributed by atoms with E-state index in [-0.39, 0.29) is 11.4 Å². The summed E-state index contributed by atoms with van der Waals surface area (Å²) < 4.78 is 0. The summed E-state index contributed by atoms with van der Waals surface area (Å²) in [6.07, 6.45) is 2.17. The van der Waals surface area contributed by atoms with E-state index >= 15 is 0 Å². The number of piperidine rings is 1. The van der Waals surface area contributed by atoms with Crippen LogP contribution in [0.4, 0.5) is 10.5 Å². The highest BCUT2D eigenvalue weighted by atomic mass is 35.5. The first kappa shape index (κ1) is 15.1. The highest BCUT2D eigenvalue weighted by molar-refractivity contribution is 6.31. The van der Waals surface area contributed by atoms with Crippen LogP contribution in [-0.2, 0) is 0 Å². The van der Waals surface area contributed by atoms with Crippen molar-refractivity contribution in [2.24, 2.45) is 5.41 Å². The Morgan fingerprint density at radius 1 is 1.40 bits per heavy atom. The number of nitrogens with one attached hydrogen (secondary N) is 3. The minimum absolute atomic E-state index is 0.176. The summed E-state index contributed by atoms with van der Waals surface area (Å²) >= 11 is 6.04. The molecule has 3 N–H and O–H groups in total. The van der Waals surface area contributed by atoms with Gasteiger partial charge in [0.25, 0.3) is 0 Å². The molecule has 1 saturated heterocycles. The second kappa shape index (κ2) is 6.46. The third-order valence-electron chi connectivity index (χ3n) is 3.92. The van der Waals surface area contributed by atoms with E-state index < -0.39 is 0 Å². The molecule has 1 aliphatic rings. The van der Waals surface area contributed by atoms with Gasteiger partial charge in [-0.15, -0.1) is 0 Å². The fourth-order valence-corrected chi connectivity index (χ4v) is 2.53. The minimum Gasteiger partial charge on any atom is -0.337 e. The van der Waals surface area contributed by atoms with Crippen molar-refractivity contribution < 1.29 is 4.79 Å². The maximum absolute atomic E-state index is 11.9. The van der Waals surface area contributed by atoms with Gasteiger partial charge in [-0.2, -0.15) is 0 Å². The fraction of sp³-hybridized carbons (Fsp3) is 0.533. The third kappa shape index (κ3) is 4.12. The van der Waals surface area contributed by atoms with E-state index in [1.807, 2.05) is 19.1 Å². The standard InChI is InChI=1S/C15H22ClN3O/c1-11-3-4-12(9-13(11)16)19-14(20)18-10-15(2)5-7-17-8-6-15/h3-4,9,17H,5-8,10H2,1-2H3,(H2,18,19,20). The van der Waals surface area contributed by atoms with Gasteiger partial charge in [0.05, 0.1) is 0 Å². The molecule has 1 aromatic carbocycles. The molecule has 2 rings (SSSR count). The monoisotopic (exact) mass is 295 g/mol. The predicted molar refractivity (Wildman–Crippen MR) is 83.4 cm³/mol. The van der Waals surface area contributed by atoms with E-state index in [0.29, 0.717) is 17.3 Å². The summed E-state index contributed by atoms with van der Waals surface area (Å²) in [6.45, 7) is 6.89. The second-order valence-corrected chi connectivity index (χ2v) is 6.24. The maximum atomic E-state index is 11.9. The number of urea groups is 1. The summed E-state index contributed by atoms with van der Waals surface area (Å²) in [6, 6.07) is 5.34. The van der Waals surface area contributed by atoms with Crippen LogP contribution in [0.15, 0.2) is 18.2 Å². The molecule has 4 nitrogen and oxygen atoms in total. The number of amides is 2. The normalized spacial score (nSPS) is 17.6. The molecule has 0 spiro atoms. The van der Waals surface area contributed by atoms with Crippen molar-refractivity contribution in [1.29, 1.82) is 0 Å². The molecule has 2 amide bonds. The van der Waals surface area contributed by atoms with Gasteiger partial charge < -0.3 is 16.0 Å². The number of halogens is 1. The molecule has 1 fully saturated rings. The number of carbonyl (C=O) groups is 1. The predicted octanol–water partition coefficient (Wildman–Crippen LogP) is 3.16. The molecule has 0 unspecified atom stereocenters. The van der Waals surface area contributed by atoms with E-state index in [4.69, 9.17) is 11.6 Å². The Bertz CT molecular complexity index is 484. The zero-order valence-corrected chi connectivity index (χ0v) is 12.8. The van der Waals surface area contributed by atoms with Crippen molar-refractivity contribution in [3.63, 3.8) is 0 Å². The fourth-order valence-electron chi connectivity index (χ4n) is 2.35. The number of carbonyl (C=O) groups excluding carboxylic acids is 1. The number of rotatable bonds is 3. The lowest BCUT2D eigenvalue weighted by Gasteiger charge is -2.34. The van der Waals surface area contributed by atoms with E-state index in [2.05, 4.69) is 22.9 Å². The smallest absolute Gasteiger partial charge is 0.319 e. The lowest BCUT2D eigenvalue weighted by molar-refractivity contribution is 0.213. The van der Waals surface area contributed by atoms with Crippen molar-refractivity contribution in [3.05, 3.63) is 28.8 Å². The van der Waals surface area contributed by atoms with Gasteiger partial charge in [0.15, 0.2) is 0 Å². The summed E-state index contributed by atoms with van der Waals surface area (Å²) in [5.41, 5.74) is 1.90. The van der Waals surface area contributed by atoms with Gasteiger partial charge in [-0.05, 0) is 56.0 Å². The Hall–Kier alpha value is -1.26. The molecule has 0 atom stereocenters. The lowest BCUT2D eigenvalue weighted by atomic mass is 9.81. The Morgan fingerprint density at radius 3 is 2.75 bits per heavy atom. The highest BCUT2D eigenvalue weighted by Gasteiger charge is 2.26. The third-order valence-corrected chi connectivity index (χ3v) is 4.32. The Balaban J connectivity index is 1.84. The van der Waals surface area contributed by atoms with Crippen LogP contribution in [0.1, 0.15) is 25.3 Å². The molecular weight excluding hydrogens is 274 g/mol. The van der Waals surface area contributed by atoms with Gasteiger partial charge in [0.2, 0.25) is 0 Å². The van der Waals surface area contributed by atoms with Crippen LogP contribution in [0.2, 0.25) is 5.02 Å². The number of hydrogen-bond donors (Lipinski definition) is 3. The molecule has 0 saturated carbocycles. The Morgan fingerprint density at radius 2 is 2.10 bits per heavy atom. The van der Waals surface area contributed by atoms with Crippen LogP contribution >= 0.6 is 11.6 Å². The SMILES string of the molecule is Cc1ccc(NC(=O)NCC2(C)CCNCC2)cc1Cl. The van der Waals surface area contributed by atoms with Crippen molar-refractivity contribution in [2.75, 3.05) is 25.0 Å². The molecule has 110 valence electrons. The average Bonchev–Trinajstić information content (AvgIpc) is 2.42. The summed E-state index contributed by atoms with van der Waals surface area (Å²) in [5.74, 6) is 0. The molecular formula is C15H22ClN3O. The maximum Gasteiger partial charge on any atom is 0.319 e. The molecule has 5 heteroatoms. The Kier molecular flexibility index (Phi) is 4.89. The van der Waals surface area contributed by atoms with Gasteiger partial charge in [0, 0.05) is 17.3 Å². The first-order valence-corrected chi connectivity index (χ1v) is 7.38. The molecule has 0 radical (unpaired) electrons. The van der Waals surface area contributed by atoms with Crippen molar-refractivity contribution in [2.45, 2.75) is 26.7 Å². The van der Waals surface area contributed by atoms with Gasteiger partial charge in [0.1, 0.15) is 0 Å². The quantitative estimate of drug-likeness (QED) is 0.802. The summed E-state index contributed by atoms with van der Waals surface area (Å²) in [7, 11) is 0. The van der Waals surface area contributed by atoms with E-state index in [0.717, 1.165) is 31.5 Å². The number of hydrogen-bond acceptors (Lipinski definition) is 2. The summed E-state index contributed by atoms with van der Waals surface area (Å²) in [4.78, 5) is 11.9. The van der Waals surface area contributed by atoms with Crippen LogP contribution in [0.25, 0.3) is 0 Å². The zero-order valence-electron chi connectivity index (χ0n) is 12.1. The van der Waals surface area contributed by atoms with Crippen molar-refractivity contribution in [3.8, 4) is 0 Å².